The zero-order chi connectivity index (χ0) is 7.56. The first kappa shape index (κ1) is 6.86. The summed E-state index contributed by atoms with van der Waals surface area (Å²) in [6.07, 6.45) is 2.72. The molecule has 1 aliphatic rings. The number of rotatable bonds is 1. The fourth-order valence-electron chi connectivity index (χ4n) is 0.641. The highest BCUT2D eigenvalue weighted by Gasteiger charge is 2.14. The predicted molar refractivity (Wildman–Crippen MR) is 34.9 cm³/mol. The lowest BCUT2D eigenvalue weighted by molar-refractivity contribution is -0.158. The van der Waals surface area contributed by atoms with E-state index in [4.69, 9.17) is 4.74 Å². The molecule has 3 nitrogen and oxygen atoms in total. The van der Waals surface area contributed by atoms with Crippen LogP contribution in [0.15, 0.2) is 24.5 Å². The maximum Gasteiger partial charge on any atom is 0.305 e. The van der Waals surface area contributed by atoms with E-state index >= 15 is 0 Å². The average Bonchev–Trinajstić information content (AvgIpc) is 2.13. The van der Waals surface area contributed by atoms with Gasteiger partial charge in [0, 0.05) is 6.92 Å². The second kappa shape index (κ2) is 2.56. The van der Waals surface area contributed by atoms with Crippen molar-refractivity contribution in [1.29, 1.82) is 0 Å². The van der Waals surface area contributed by atoms with Crippen LogP contribution < -0.4 is 0 Å². The van der Waals surface area contributed by atoms with E-state index in [0.29, 0.717) is 5.76 Å². The molecule has 0 N–H and O–H groups in total. The van der Waals surface area contributed by atoms with E-state index in [1.807, 2.05) is 0 Å². The minimum atomic E-state index is -0.565. The molecule has 0 aromatic carbocycles. The monoisotopic (exact) mass is 140 g/mol. The smallest absolute Gasteiger partial charge is 0.305 e. The minimum Gasteiger partial charge on any atom is -0.452 e. The number of carbonyl (C=O) groups excluding carboxylic acids is 1. The van der Waals surface area contributed by atoms with Crippen LogP contribution in [0.3, 0.4) is 0 Å². The third kappa shape index (κ3) is 1.62. The molecule has 0 radical (unpaired) electrons. The molecule has 1 atom stereocenters. The highest BCUT2D eigenvalue weighted by molar-refractivity contribution is 5.66. The Morgan fingerprint density at radius 1 is 1.90 bits per heavy atom. The Hall–Kier alpha value is -1.25. The van der Waals surface area contributed by atoms with Crippen molar-refractivity contribution in [2.75, 3.05) is 0 Å². The lowest BCUT2D eigenvalue weighted by atomic mass is 10.5. The number of carbonyl (C=O) groups is 1. The maximum absolute atomic E-state index is 10.3. The maximum atomic E-state index is 10.3. The minimum absolute atomic E-state index is 0.357. The van der Waals surface area contributed by atoms with Crippen molar-refractivity contribution in [2.24, 2.45) is 0 Å². The largest absolute Gasteiger partial charge is 0.452 e. The van der Waals surface area contributed by atoms with E-state index in [9.17, 15) is 4.79 Å². The van der Waals surface area contributed by atoms with Gasteiger partial charge in [-0.3, -0.25) is 4.79 Å². The molecule has 0 unspecified atom stereocenters. The summed E-state index contributed by atoms with van der Waals surface area (Å²) >= 11 is 0. The quantitative estimate of drug-likeness (QED) is 0.509. The summed E-state index contributed by atoms with van der Waals surface area (Å²) in [5, 5.41) is 0. The van der Waals surface area contributed by atoms with Crippen LogP contribution in [0.2, 0.25) is 0 Å². The Balaban J connectivity index is 2.40. The van der Waals surface area contributed by atoms with Crippen molar-refractivity contribution in [1.82, 2.24) is 0 Å². The van der Waals surface area contributed by atoms with Crippen molar-refractivity contribution in [2.45, 2.75) is 13.2 Å². The lowest BCUT2D eigenvalue weighted by Crippen LogP contribution is -2.12. The Labute approximate surface area is 58.9 Å². The van der Waals surface area contributed by atoms with E-state index in [1.54, 1.807) is 12.2 Å². The average molecular weight is 140 g/mol. The van der Waals surface area contributed by atoms with Gasteiger partial charge in [-0.2, -0.15) is 0 Å². The fourth-order valence-corrected chi connectivity index (χ4v) is 0.641. The normalized spacial score (nSPS) is 22.5. The van der Waals surface area contributed by atoms with Gasteiger partial charge in [-0.15, -0.1) is 0 Å². The van der Waals surface area contributed by atoms with Gasteiger partial charge in [-0.05, 0) is 12.2 Å². The van der Waals surface area contributed by atoms with Gasteiger partial charge in [-0.1, -0.05) is 6.58 Å². The van der Waals surface area contributed by atoms with Crippen molar-refractivity contribution in [3.63, 3.8) is 0 Å². The lowest BCUT2D eigenvalue weighted by Gasteiger charge is -2.08. The Bertz CT molecular complexity index is 193. The summed E-state index contributed by atoms with van der Waals surface area (Å²) in [4.78, 5) is 10.3. The summed E-state index contributed by atoms with van der Waals surface area (Å²) in [6.45, 7) is 4.84. The van der Waals surface area contributed by atoms with E-state index in [1.165, 1.54) is 6.92 Å². The molecule has 3 heteroatoms. The van der Waals surface area contributed by atoms with Gasteiger partial charge in [0.05, 0.1) is 0 Å². The molecule has 0 amide bonds. The molecule has 0 aromatic rings. The summed E-state index contributed by atoms with van der Waals surface area (Å²) in [5.41, 5.74) is 0. The first-order valence-corrected chi connectivity index (χ1v) is 2.89. The summed E-state index contributed by atoms with van der Waals surface area (Å²) in [5.74, 6) is 0.163. The first-order valence-electron chi connectivity index (χ1n) is 2.89. The van der Waals surface area contributed by atoms with E-state index < -0.39 is 6.29 Å². The SMILES string of the molecule is C=C1C=C[C@H](OC(C)=O)O1. The molecule has 0 aromatic heterocycles. The molecule has 0 bridgehead atoms. The van der Waals surface area contributed by atoms with E-state index in [0.717, 1.165) is 0 Å². The van der Waals surface area contributed by atoms with Gasteiger partial charge in [0.25, 0.3) is 6.29 Å². The molecular formula is C7H8O3. The zero-order valence-electron chi connectivity index (χ0n) is 5.66. The van der Waals surface area contributed by atoms with Crippen LogP contribution >= 0.6 is 0 Å². The van der Waals surface area contributed by atoms with Gasteiger partial charge in [-0.25, -0.2) is 0 Å². The van der Waals surface area contributed by atoms with Crippen LogP contribution in [0, 0.1) is 0 Å². The number of hydrogen-bond acceptors (Lipinski definition) is 3. The van der Waals surface area contributed by atoms with Crippen LogP contribution in [-0.4, -0.2) is 12.3 Å². The molecule has 1 heterocycles. The Kier molecular flexibility index (Phi) is 1.76. The highest BCUT2D eigenvalue weighted by Crippen LogP contribution is 2.13. The van der Waals surface area contributed by atoms with Gasteiger partial charge < -0.3 is 9.47 Å². The third-order valence-corrected chi connectivity index (χ3v) is 0.989. The molecule has 0 spiro atoms. The second-order valence-corrected chi connectivity index (χ2v) is 1.92. The zero-order valence-corrected chi connectivity index (χ0v) is 5.66. The fraction of sp³-hybridized carbons (Fsp3) is 0.286. The number of allylic oxidation sites excluding steroid dienone is 1. The Morgan fingerprint density at radius 3 is 3.00 bits per heavy atom. The number of hydrogen-bond donors (Lipinski definition) is 0. The molecule has 0 saturated heterocycles. The van der Waals surface area contributed by atoms with Gasteiger partial charge in [0.2, 0.25) is 0 Å². The predicted octanol–water partition coefficient (Wildman–Crippen LogP) is 0.976. The molecule has 10 heavy (non-hydrogen) atoms. The van der Waals surface area contributed by atoms with Crippen LogP contribution in [0.5, 0.6) is 0 Å². The molecule has 0 saturated carbocycles. The summed E-state index contributed by atoms with van der Waals surface area (Å²) in [6, 6.07) is 0. The number of ether oxygens (including phenoxy) is 2. The van der Waals surface area contributed by atoms with E-state index in [2.05, 4.69) is 11.3 Å². The first-order chi connectivity index (χ1) is 4.68. The van der Waals surface area contributed by atoms with Gasteiger partial charge in [0.15, 0.2) is 0 Å². The van der Waals surface area contributed by atoms with Crippen molar-refractivity contribution in [3.8, 4) is 0 Å². The second-order valence-electron chi connectivity index (χ2n) is 1.92. The van der Waals surface area contributed by atoms with Gasteiger partial charge >= 0.3 is 5.97 Å². The molecule has 1 rings (SSSR count). The summed E-state index contributed by atoms with van der Waals surface area (Å²) < 4.78 is 9.60. The van der Waals surface area contributed by atoms with Gasteiger partial charge in [0.1, 0.15) is 5.76 Å². The van der Waals surface area contributed by atoms with Crippen molar-refractivity contribution >= 4 is 5.97 Å². The van der Waals surface area contributed by atoms with Crippen LogP contribution in [-0.2, 0) is 14.3 Å². The van der Waals surface area contributed by atoms with Crippen molar-refractivity contribution in [3.05, 3.63) is 24.5 Å². The third-order valence-electron chi connectivity index (χ3n) is 0.989. The van der Waals surface area contributed by atoms with Crippen LogP contribution in [0.25, 0.3) is 0 Å². The molecule has 1 aliphatic heterocycles. The van der Waals surface area contributed by atoms with Crippen molar-refractivity contribution < 1.29 is 14.3 Å². The Morgan fingerprint density at radius 2 is 2.60 bits per heavy atom. The molecule has 54 valence electrons. The van der Waals surface area contributed by atoms with Crippen LogP contribution in [0.4, 0.5) is 0 Å². The van der Waals surface area contributed by atoms with Crippen LogP contribution in [0.1, 0.15) is 6.92 Å². The standard InChI is InChI=1S/C7H8O3/c1-5-3-4-7(9-5)10-6(2)8/h3-4,7H,1H2,2H3/t7-/m0/s1. The van der Waals surface area contributed by atoms with E-state index in [-0.39, 0.29) is 5.97 Å². The number of esters is 1. The highest BCUT2D eigenvalue weighted by atomic mass is 16.7. The molecule has 0 aliphatic carbocycles. The molecular weight excluding hydrogens is 132 g/mol. The molecule has 0 fully saturated rings. The summed E-state index contributed by atoms with van der Waals surface area (Å²) in [7, 11) is 0. The topological polar surface area (TPSA) is 35.5 Å².